The molecule has 32 heavy (non-hydrogen) atoms. The number of benzene rings is 2. The van der Waals surface area contributed by atoms with Crippen LogP contribution in [0.2, 0.25) is 0 Å². The van der Waals surface area contributed by atoms with Gasteiger partial charge < -0.3 is 14.8 Å². The summed E-state index contributed by atoms with van der Waals surface area (Å²) < 4.78 is 24.4. The maximum absolute atomic E-state index is 13.0. The molecule has 1 N–H and O–H groups in total. The molecule has 0 aliphatic carbocycles. The van der Waals surface area contributed by atoms with E-state index >= 15 is 0 Å². The van der Waals surface area contributed by atoms with Gasteiger partial charge in [-0.1, -0.05) is 12.1 Å². The van der Waals surface area contributed by atoms with Crippen molar-refractivity contribution in [2.24, 2.45) is 0 Å². The van der Waals surface area contributed by atoms with Crippen LogP contribution in [0.5, 0.6) is 17.4 Å². The fourth-order valence-electron chi connectivity index (χ4n) is 2.89. The summed E-state index contributed by atoms with van der Waals surface area (Å²) in [5.74, 6) is 1.12. The Kier molecular flexibility index (Phi) is 6.36. The van der Waals surface area contributed by atoms with Gasteiger partial charge in [-0.3, -0.25) is 9.78 Å². The molecule has 2 heterocycles. The monoisotopic (exact) mass is 429 g/mol. The number of pyridine rings is 2. The first-order valence-electron chi connectivity index (χ1n) is 9.90. The number of aryl methyl sites for hydroxylation is 1. The summed E-state index contributed by atoms with van der Waals surface area (Å²) in [6.07, 6.45) is 4.70. The van der Waals surface area contributed by atoms with Gasteiger partial charge in [-0.2, -0.15) is 0 Å². The van der Waals surface area contributed by atoms with E-state index in [-0.39, 0.29) is 11.7 Å². The maximum Gasteiger partial charge on any atom is 0.257 e. The van der Waals surface area contributed by atoms with Crippen LogP contribution < -0.4 is 14.8 Å². The Morgan fingerprint density at radius 2 is 1.69 bits per heavy atom. The Morgan fingerprint density at radius 3 is 2.38 bits per heavy atom. The van der Waals surface area contributed by atoms with Crippen molar-refractivity contribution in [3.05, 3.63) is 108 Å². The average Bonchev–Trinajstić information content (AvgIpc) is 2.81. The molecular formula is C25H20FN3O3. The first kappa shape index (κ1) is 21.0. The van der Waals surface area contributed by atoms with Gasteiger partial charge in [-0.25, -0.2) is 9.37 Å². The van der Waals surface area contributed by atoms with Gasteiger partial charge in [0.15, 0.2) is 0 Å². The summed E-state index contributed by atoms with van der Waals surface area (Å²) in [5, 5.41) is 2.79. The molecule has 0 aliphatic rings. The second-order valence-corrected chi connectivity index (χ2v) is 7.02. The molecule has 2 aromatic carbocycles. The molecule has 4 rings (SSSR count). The number of aromatic nitrogens is 2. The fourth-order valence-corrected chi connectivity index (χ4v) is 2.89. The third-order valence-electron chi connectivity index (χ3n) is 4.64. The molecule has 160 valence electrons. The highest BCUT2D eigenvalue weighted by molar-refractivity contribution is 6.04. The lowest BCUT2D eigenvalue weighted by atomic mass is 10.1. The molecule has 2 aromatic heterocycles. The van der Waals surface area contributed by atoms with Crippen molar-refractivity contribution in [1.29, 1.82) is 0 Å². The molecule has 1 amide bonds. The van der Waals surface area contributed by atoms with Crippen molar-refractivity contribution < 1.29 is 18.7 Å². The van der Waals surface area contributed by atoms with Crippen LogP contribution in [0.15, 0.2) is 85.3 Å². The van der Waals surface area contributed by atoms with Crippen LogP contribution in [0, 0.1) is 12.7 Å². The van der Waals surface area contributed by atoms with Gasteiger partial charge in [0.25, 0.3) is 5.91 Å². The zero-order valence-corrected chi connectivity index (χ0v) is 17.3. The van der Waals surface area contributed by atoms with Crippen LogP contribution in [-0.2, 0) is 6.61 Å². The largest absolute Gasteiger partial charge is 0.489 e. The summed E-state index contributed by atoms with van der Waals surface area (Å²) in [4.78, 5) is 20.6. The predicted octanol–water partition coefficient (Wildman–Crippen LogP) is 5.55. The van der Waals surface area contributed by atoms with Crippen LogP contribution in [-0.4, -0.2) is 15.9 Å². The van der Waals surface area contributed by atoms with Crippen LogP contribution in [0.4, 0.5) is 10.1 Å². The lowest BCUT2D eigenvalue weighted by Gasteiger charge is -2.09. The Hall–Kier alpha value is -4.26. The molecule has 0 bridgehead atoms. The van der Waals surface area contributed by atoms with Gasteiger partial charge in [-0.05, 0) is 66.6 Å². The number of carbonyl (C=O) groups is 1. The van der Waals surface area contributed by atoms with Crippen LogP contribution in [0.1, 0.15) is 21.5 Å². The molecule has 0 fully saturated rings. The minimum absolute atomic E-state index is 0.248. The van der Waals surface area contributed by atoms with Crippen molar-refractivity contribution in [1.82, 2.24) is 9.97 Å². The minimum atomic E-state index is -0.275. The number of hydrogen-bond donors (Lipinski definition) is 1. The number of nitrogens with zero attached hydrogens (tertiary/aromatic N) is 2. The number of rotatable bonds is 7. The molecule has 0 unspecified atom stereocenters. The molecule has 0 saturated carbocycles. The predicted molar refractivity (Wildman–Crippen MR) is 118 cm³/mol. The molecule has 7 heteroatoms. The standard InChI is InChI=1S/C25H20FN3O3/c1-17-12-13-27-15-23(17)25(30)29-20-6-11-24(28-14-20)32-22-9-7-21(8-10-22)31-16-18-2-4-19(26)5-3-18/h2-15H,16H2,1H3,(H,29,30). The Morgan fingerprint density at radius 1 is 0.938 bits per heavy atom. The van der Waals surface area contributed by atoms with E-state index in [0.717, 1.165) is 11.1 Å². The third kappa shape index (κ3) is 5.46. The molecule has 4 aromatic rings. The number of anilines is 1. The lowest BCUT2D eigenvalue weighted by molar-refractivity contribution is 0.102. The van der Waals surface area contributed by atoms with E-state index in [2.05, 4.69) is 15.3 Å². The van der Waals surface area contributed by atoms with Crippen LogP contribution in [0.25, 0.3) is 0 Å². The van der Waals surface area contributed by atoms with Crippen molar-refractivity contribution in [3.63, 3.8) is 0 Å². The van der Waals surface area contributed by atoms with Gasteiger partial charge in [-0.15, -0.1) is 0 Å². The number of halogens is 1. The van der Waals surface area contributed by atoms with Crippen molar-refractivity contribution >= 4 is 11.6 Å². The Bertz CT molecular complexity index is 1190. The smallest absolute Gasteiger partial charge is 0.257 e. The lowest BCUT2D eigenvalue weighted by Crippen LogP contribution is -2.13. The highest BCUT2D eigenvalue weighted by Gasteiger charge is 2.10. The van der Waals surface area contributed by atoms with Crippen LogP contribution in [0.3, 0.4) is 0 Å². The number of carbonyl (C=O) groups excluding carboxylic acids is 1. The first-order valence-corrected chi connectivity index (χ1v) is 9.90. The van der Waals surface area contributed by atoms with Gasteiger partial charge in [0.1, 0.15) is 23.9 Å². The first-order chi connectivity index (χ1) is 15.6. The summed E-state index contributed by atoms with van der Waals surface area (Å²) in [6, 6.07) is 18.4. The third-order valence-corrected chi connectivity index (χ3v) is 4.64. The zero-order valence-electron chi connectivity index (χ0n) is 17.3. The maximum atomic E-state index is 13.0. The van der Waals surface area contributed by atoms with Crippen LogP contribution >= 0.6 is 0 Å². The Balaban J connectivity index is 1.31. The van der Waals surface area contributed by atoms with E-state index in [0.29, 0.717) is 35.2 Å². The van der Waals surface area contributed by atoms with E-state index in [1.807, 2.05) is 6.92 Å². The summed E-state index contributed by atoms with van der Waals surface area (Å²) in [7, 11) is 0. The molecular weight excluding hydrogens is 409 g/mol. The number of amides is 1. The second kappa shape index (κ2) is 9.70. The van der Waals surface area contributed by atoms with Crippen molar-refractivity contribution in [2.75, 3.05) is 5.32 Å². The fraction of sp³-hybridized carbons (Fsp3) is 0.0800. The minimum Gasteiger partial charge on any atom is -0.489 e. The van der Waals surface area contributed by atoms with E-state index in [1.54, 1.807) is 60.8 Å². The molecule has 0 atom stereocenters. The summed E-state index contributed by atoms with van der Waals surface area (Å²) >= 11 is 0. The SMILES string of the molecule is Cc1ccncc1C(=O)Nc1ccc(Oc2ccc(OCc3ccc(F)cc3)cc2)nc1. The molecule has 0 aliphatic heterocycles. The van der Waals surface area contributed by atoms with E-state index in [4.69, 9.17) is 9.47 Å². The van der Waals surface area contributed by atoms with Crippen molar-refractivity contribution in [3.8, 4) is 17.4 Å². The van der Waals surface area contributed by atoms with Gasteiger partial charge >= 0.3 is 0 Å². The second-order valence-electron chi connectivity index (χ2n) is 7.02. The van der Waals surface area contributed by atoms with Crippen molar-refractivity contribution in [2.45, 2.75) is 13.5 Å². The van der Waals surface area contributed by atoms with Gasteiger partial charge in [0.2, 0.25) is 5.88 Å². The molecule has 0 radical (unpaired) electrons. The topological polar surface area (TPSA) is 73.3 Å². The zero-order chi connectivity index (χ0) is 22.3. The summed E-state index contributed by atoms with van der Waals surface area (Å²) in [5.41, 5.74) is 2.78. The highest BCUT2D eigenvalue weighted by Crippen LogP contribution is 2.24. The van der Waals surface area contributed by atoms with Gasteiger partial charge in [0.05, 0.1) is 17.4 Å². The van der Waals surface area contributed by atoms with E-state index in [9.17, 15) is 9.18 Å². The number of ether oxygens (including phenoxy) is 2. The quantitative estimate of drug-likeness (QED) is 0.417. The van der Waals surface area contributed by atoms with Gasteiger partial charge in [0, 0.05) is 18.5 Å². The van der Waals surface area contributed by atoms with E-state index < -0.39 is 0 Å². The molecule has 0 spiro atoms. The van der Waals surface area contributed by atoms with E-state index in [1.165, 1.54) is 24.5 Å². The number of nitrogens with one attached hydrogen (secondary N) is 1. The highest BCUT2D eigenvalue weighted by atomic mass is 19.1. The summed E-state index contributed by atoms with van der Waals surface area (Å²) in [6.45, 7) is 2.19. The number of hydrogen-bond acceptors (Lipinski definition) is 5. The molecule has 0 saturated heterocycles. The normalized spacial score (nSPS) is 10.4. The average molecular weight is 429 g/mol. The molecule has 6 nitrogen and oxygen atoms in total. The Labute approximate surface area is 184 Å².